The highest BCUT2D eigenvalue weighted by Crippen LogP contribution is 2.43. The standard InChI is InChI=1S/C35H37N2/c1-21(2)29-18-23(5)19-30(22(3)4)33(29)37-32-17-16-28-27-15-11-9-13-25(27)20-31(28)34(32)36(7)35(37)26-14-10-8-12-24(26)6/h8-19,21-22H,20H2,1-7H3/q+1. The summed E-state index contributed by atoms with van der Waals surface area (Å²) in [5.41, 5.74) is 16.4. The Hall–Kier alpha value is -3.65. The molecule has 0 atom stereocenters. The zero-order valence-corrected chi connectivity index (χ0v) is 23.2. The molecule has 0 unspecified atom stereocenters. The fourth-order valence-corrected chi connectivity index (χ4v) is 6.43. The molecule has 6 rings (SSSR count). The monoisotopic (exact) mass is 485 g/mol. The number of hydrogen-bond donors (Lipinski definition) is 0. The third-order valence-corrected chi connectivity index (χ3v) is 8.21. The van der Waals surface area contributed by atoms with E-state index in [1.165, 1.54) is 72.6 Å². The van der Waals surface area contributed by atoms with Crippen molar-refractivity contribution in [1.82, 2.24) is 4.57 Å². The molecule has 5 aromatic rings. The van der Waals surface area contributed by atoms with Gasteiger partial charge in [-0.1, -0.05) is 87.9 Å². The maximum atomic E-state index is 2.59. The average Bonchev–Trinajstić information content (AvgIpc) is 3.39. The maximum Gasteiger partial charge on any atom is 0.295 e. The fourth-order valence-electron chi connectivity index (χ4n) is 6.43. The Morgan fingerprint density at radius 2 is 1.35 bits per heavy atom. The van der Waals surface area contributed by atoms with Gasteiger partial charge < -0.3 is 0 Å². The van der Waals surface area contributed by atoms with Gasteiger partial charge in [0.15, 0.2) is 11.0 Å². The van der Waals surface area contributed by atoms with Crippen LogP contribution in [0.2, 0.25) is 0 Å². The summed E-state index contributed by atoms with van der Waals surface area (Å²) in [6.45, 7) is 13.8. The molecule has 0 spiro atoms. The van der Waals surface area contributed by atoms with Gasteiger partial charge in [0, 0.05) is 23.1 Å². The molecule has 0 N–H and O–H groups in total. The van der Waals surface area contributed by atoms with Crippen molar-refractivity contribution in [2.24, 2.45) is 7.05 Å². The molecule has 0 aliphatic heterocycles. The number of aromatic nitrogens is 2. The smallest absolute Gasteiger partial charge is 0.225 e. The van der Waals surface area contributed by atoms with E-state index < -0.39 is 0 Å². The number of fused-ring (bicyclic) bond motifs is 5. The van der Waals surface area contributed by atoms with E-state index in [2.05, 4.69) is 131 Å². The van der Waals surface area contributed by atoms with Crippen LogP contribution in [0.5, 0.6) is 0 Å². The summed E-state index contributed by atoms with van der Waals surface area (Å²) in [4.78, 5) is 0. The SMILES string of the molecule is Cc1cc(C(C)C)c(-n2c(-c3ccccc3C)[n+](C)c3c4c(ccc32)-c2ccccc2C4)c(C(C)C)c1. The molecule has 0 saturated heterocycles. The van der Waals surface area contributed by atoms with Crippen LogP contribution in [-0.4, -0.2) is 4.57 Å². The Bertz CT molecular complexity index is 1650. The van der Waals surface area contributed by atoms with E-state index in [1.54, 1.807) is 0 Å². The lowest BCUT2D eigenvalue weighted by atomic mass is 9.90. The zero-order valence-electron chi connectivity index (χ0n) is 23.2. The van der Waals surface area contributed by atoms with Crippen LogP contribution in [0, 0.1) is 13.8 Å². The van der Waals surface area contributed by atoms with E-state index in [0.29, 0.717) is 11.8 Å². The van der Waals surface area contributed by atoms with Crippen molar-refractivity contribution < 1.29 is 4.57 Å². The molecule has 0 bridgehead atoms. The molecule has 0 fully saturated rings. The summed E-state index contributed by atoms with van der Waals surface area (Å²) >= 11 is 0. The van der Waals surface area contributed by atoms with Crippen LogP contribution in [0.4, 0.5) is 0 Å². The lowest BCUT2D eigenvalue weighted by Gasteiger charge is -2.20. The van der Waals surface area contributed by atoms with Crippen molar-refractivity contribution >= 4 is 11.0 Å². The molecular weight excluding hydrogens is 448 g/mol. The third-order valence-electron chi connectivity index (χ3n) is 8.21. The van der Waals surface area contributed by atoms with E-state index in [4.69, 9.17) is 0 Å². The van der Waals surface area contributed by atoms with Gasteiger partial charge in [0.1, 0.15) is 5.69 Å². The van der Waals surface area contributed by atoms with Crippen molar-refractivity contribution in [1.29, 1.82) is 0 Å². The number of imidazole rings is 1. The number of aryl methyl sites for hydroxylation is 3. The Labute approximate surface area is 221 Å². The minimum absolute atomic E-state index is 0.415. The van der Waals surface area contributed by atoms with Crippen LogP contribution < -0.4 is 4.57 Å². The molecule has 1 heterocycles. The first-order chi connectivity index (χ1) is 17.8. The molecule has 0 amide bonds. The number of nitrogens with zero attached hydrogens (tertiary/aromatic N) is 2. The van der Waals surface area contributed by atoms with Gasteiger partial charge in [-0.15, -0.1) is 0 Å². The van der Waals surface area contributed by atoms with Crippen molar-refractivity contribution in [3.05, 3.63) is 106 Å². The second-order valence-electron chi connectivity index (χ2n) is 11.4. The molecule has 37 heavy (non-hydrogen) atoms. The highest BCUT2D eigenvalue weighted by molar-refractivity contribution is 5.92. The van der Waals surface area contributed by atoms with E-state index in [0.717, 1.165) is 6.42 Å². The first-order valence-electron chi connectivity index (χ1n) is 13.6. The van der Waals surface area contributed by atoms with Crippen molar-refractivity contribution in [3.8, 4) is 28.2 Å². The van der Waals surface area contributed by atoms with E-state index in [1.807, 2.05) is 0 Å². The van der Waals surface area contributed by atoms with E-state index >= 15 is 0 Å². The molecule has 1 aliphatic carbocycles. The third kappa shape index (κ3) is 3.57. The minimum Gasteiger partial charge on any atom is -0.225 e. The maximum absolute atomic E-state index is 2.59. The summed E-state index contributed by atoms with van der Waals surface area (Å²) in [6.07, 6.45) is 0.982. The fraction of sp³-hybridized carbons (Fsp3) is 0.286. The summed E-state index contributed by atoms with van der Waals surface area (Å²) in [6, 6.07) is 27.3. The van der Waals surface area contributed by atoms with E-state index in [-0.39, 0.29) is 0 Å². The normalized spacial score (nSPS) is 12.6. The largest absolute Gasteiger partial charge is 0.295 e. The lowest BCUT2D eigenvalue weighted by molar-refractivity contribution is -0.634. The van der Waals surface area contributed by atoms with Gasteiger partial charge in [-0.05, 0) is 66.1 Å². The Kier molecular flexibility index (Phi) is 5.60. The molecule has 0 saturated carbocycles. The first-order valence-corrected chi connectivity index (χ1v) is 13.6. The Balaban J connectivity index is 1.80. The molecule has 2 heteroatoms. The van der Waals surface area contributed by atoms with Gasteiger partial charge in [-0.3, -0.25) is 0 Å². The van der Waals surface area contributed by atoms with Gasteiger partial charge >= 0.3 is 0 Å². The highest BCUT2D eigenvalue weighted by atomic mass is 15.2. The van der Waals surface area contributed by atoms with Gasteiger partial charge in [-0.2, -0.15) is 4.57 Å². The quantitative estimate of drug-likeness (QED) is 0.221. The van der Waals surface area contributed by atoms with Crippen molar-refractivity contribution in [3.63, 3.8) is 0 Å². The summed E-state index contributed by atoms with van der Waals surface area (Å²) in [5, 5.41) is 0. The van der Waals surface area contributed by atoms with Crippen molar-refractivity contribution in [2.45, 2.75) is 59.8 Å². The summed E-state index contributed by atoms with van der Waals surface area (Å²) in [7, 11) is 2.27. The lowest BCUT2D eigenvalue weighted by Crippen LogP contribution is -2.31. The first kappa shape index (κ1) is 23.7. The van der Waals surface area contributed by atoms with Crippen molar-refractivity contribution in [2.75, 3.05) is 0 Å². The second-order valence-corrected chi connectivity index (χ2v) is 11.4. The number of rotatable bonds is 4. The molecular formula is C35H37N2+. The minimum atomic E-state index is 0.415. The van der Waals surface area contributed by atoms with Crippen LogP contribution in [0.15, 0.2) is 72.8 Å². The summed E-state index contributed by atoms with van der Waals surface area (Å²) < 4.78 is 5.06. The average molecular weight is 486 g/mol. The number of hydrogen-bond acceptors (Lipinski definition) is 0. The molecule has 186 valence electrons. The van der Waals surface area contributed by atoms with Crippen LogP contribution >= 0.6 is 0 Å². The topological polar surface area (TPSA) is 8.81 Å². The molecule has 1 aliphatic rings. The van der Waals surface area contributed by atoms with Crippen LogP contribution in [0.1, 0.15) is 72.9 Å². The predicted octanol–water partition coefficient (Wildman–Crippen LogP) is 8.56. The van der Waals surface area contributed by atoms with Crippen LogP contribution in [0.3, 0.4) is 0 Å². The molecule has 0 radical (unpaired) electrons. The van der Waals surface area contributed by atoms with Gasteiger partial charge in [-0.25, -0.2) is 4.57 Å². The van der Waals surface area contributed by atoms with Gasteiger partial charge in [0.05, 0.1) is 12.6 Å². The zero-order chi connectivity index (χ0) is 26.0. The molecule has 4 aromatic carbocycles. The predicted molar refractivity (Wildman–Crippen MR) is 156 cm³/mol. The van der Waals surface area contributed by atoms with Crippen LogP contribution in [0.25, 0.3) is 39.2 Å². The second kappa shape index (κ2) is 8.73. The summed E-state index contributed by atoms with van der Waals surface area (Å²) in [5.74, 6) is 2.09. The number of benzene rings is 4. The Morgan fingerprint density at radius 3 is 2.00 bits per heavy atom. The highest BCUT2D eigenvalue weighted by Gasteiger charge is 2.35. The molecule has 1 aromatic heterocycles. The molecule has 2 nitrogen and oxygen atoms in total. The Morgan fingerprint density at radius 1 is 0.730 bits per heavy atom. The van der Waals surface area contributed by atoms with Crippen LogP contribution in [-0.2, 0) is 13.5 Å². The van der Waals surface area contributed by atoms with Gasteiger partial charge in [0.25, 0.3) is 5.82 Å². The van der Waals surface area contributed by atoms with Gasteiger partial charge in [0.2, 0.25) is 0 Å². The van der Waals surface area contributed by atoms with E-state index in [9.17, 15) is 0 Å².